The molecule has 0 aliphatic rings. The van der Waals surface area contributed by atoms with Gasteiger partial charge in [-0.25, -0.2) is 0 Å². The summed E-state index contributed by atoms with van der Waals surface area (Å²) in [6.45, 7) is 17.4. The summed E-state index contributed by atoms with van der Waals surface area (Å²) in [5.41, 5.74) is 1.50. The predicted molar refractivity (Wildman–Crippen MR) is 354 cm³/mol. The van der Waals surface area contributed by atoms with Crippen molar-refractivity contribution in [1.82, 2.24) is 10.2 Å². The Morgan fingerprint density at radius 3 is 0.590 bits per heavy atom. The molecule has 3 aromatic rings. The van der Waals surface area contributed by atoms with Crippen LogP contribution in [0.15, 0.2) is 28.7 Å². The summed E-state index contributed by atoms with van der Waals surface area (Å²) >= 11 is 0. The van der Waals surface area contributed by atoms with Gasteiger partial charge in [-0.2, -0.15) is 0 Å². The summed E-state index contributed by atoms with van der Waals surface area (Å²) in [5, 5.41) is 9.49. The molecule has 0 spiro atoms. The minimum absolute atomic E-state index is 0.404. The maximum absolute atomic E-state index is 6.75. The first kappa shape index (κ1) is 73.6. The maximum Gasteiger partial charge on any atom is 0.248 e. The van der Waals surface area contributed by atoms with E-state index in [1.165, 1.54) is 231 Å². The first-order valence-electron chi connectivity index (χ1n) is 36.1. The summed E-state index contributed by atoms with van der Waals surface area (Å²) < 4.78 is 47.2. The summed E-state index contributed by atoms with van der Waals surface area (Å²) in [4.78, 5) is 0. The van der Waals surface area contributed by atoms with Crippen molar-refractivity contribution < 1.29 is 32.8 Å². The number of ether oxygens (including phenoxy) is 6. The van der Waals surface area contributed by atoms with Gasteiger partial charge in [-0.1, -0.05) is 311 Å². The molecule has 1 heterocycles. The van der Waals surface area contributed by atoms with E-state index in [2.05, 4.69) is 41.5 Å². The van der Waals surface area contributed by atoms with E-state index in [1.54, 1.807) is 0 Å². The van der Waals surface area contributed by atoms with Crippen molar-refractivity contribution in [2.75, 3.05) is 39.6 Å². The van der Waals surface area contributed by atoms with Crippen molar-refractivity contribution in [3.63, 3.8) is 0 Å². The van der Waals surface area contributed by atoms with Crippen LogP contribution in [-0.2, 0) is 0 Å². The van der Waals surface area contributed by atoms with E-state index in [-0.39, 0.29) is 0 Å². The molecule has 0 aliphatic carbocycles. The summed E-state index contributed by atoms with van der Waals surface area (Å²) in [6, 6.07) is 8.14. The lowest BCUT2D eigenvalue weighted by Gasteiger charge is -2.19. The molecule has 0 fully saturated rings. The molecule has 478 valence electrons. The van der Waals surface area contributed by atoms with Gasteiger partial charge >= 0.3 is 0 Å². The number of benzene rings is 2. The Hall–Kier alpha value is -3.62. The van der Waals surface area contributed by atoms with Crippen molar-refractivity contribution >= 4 is 0 Å². The van der Waals surface area contributed by atoms with Gasteiger partial charge in [0, 0.05) is 11.1 Å². The third kappa shape index (κ3) is 36.9. The van der Waals surface area contributed by atoms with Crippen LogP contribution in [0, 0.1) is 0 Å². The van der Waals surface area contributed by atoms with Crippen LogP contribution >= 0.6 is 0 Å². The first-order valence-corrected chi connectivity index (χ1v) is 36.1. The number of rotatable bonds is 62. The lowest BCUT2D eigenvalue weighted by atomic mass is 10.1. The molecule has 0 radical (unpaired) electrons. The number of nitrogens with zero attached hydrogens (tertiary/aromatic N) is 2. The molecule has 9 nitrogen and oxygen atoms in total. The third-order valence-electron chi connectivity index (χ3n) is 16.5. The van der Waals surface area contributed by atoms with Crippen molar-refractivity contribution in [2.45, 2.75) is 350 Å². The van der Waals surface area contributed by atoms with Gasteiger partial charge in [0.25, 0.3) is 0 Å². The maximum atomic E-state index is 6.75. The Labute approximate surface area is 511 Å². The fourth-order valence-corrected chi connectivity index (χ4v) is 11.1. The van der Waals surface area contributed by atoms with Crippen LogP contribution in [0.2, 0.25) is 0 Å². The lowest BCUT2D eigenvalue weighted by Crippen LogP contribution is -2.07. The molecule has 0 aliphatic heterocycles. The molecule has 0 saturated carbocycles. The third-order valence-corrected chi connectivity index (χ3v) is 16.5. The van der Waals surface area contributed by atoms with Gasteiger partial charge in [0.05, 0.1) is 39.6 Å². The van der Waals surface area contributed by atoms with Crippen LogP contribution in [0.1, 0.15) is 350 Å². The van der Waals surface area contributed by atoms with Crippen molar-refractivity contribution in [3.05, 3.63) is 24.3 Å². The lowest BCUT2D eigenvalue weighted by molar-refractivity contribution is 0.234. The first-order chi connectivity index (χ1) is 41.1. The van der Waals surface area contributed by atoms with E-state index in [4.69, 9.17) is 43.0 Å². The summed E-state index contributed by atoms with van der Waals surface area (Å²) in [7, 11) is 0. The Bertz CT molecular complexity index is 1680. The normalized spacial score (nSPS) is 11.4. The van der Waals surface area contributed by atoms with E-state index in [0.29, 0.717) is 85.9 Å². The second-order valence-corrected chi connectivity index (χ2v) is 24.5. The monoisotopic (exact) mass is 1160 g/mol. The molecule has 0 N–H and O–H groups in total. The zero-order valence-corrected chi connectivity index (χ0v) is 55.2. The fraction of sp³-hybridized carbons (Fsp3) is 0.811. The molecule has 0 atom stereocenters. The quantitative estimate of drug-likeness (QED) is 0.0512. The summed E-state index contributed by atoms with van der Waals surface area (Å²) in [5.74, 6) is 4.92. The van der Waals surface area contributed by atoms with E-state index in [9.17, 15) is 0 Å². The Kier molecular flexibility index (Phi) is 47.7. The molecule has 83 heavy (non-hydrogen) atoms. The highest BCUT2D eigenvalue weighted by atomic mass is 16.5. The van der Waals surface area contributed by atoms with Crippen molar-refractivity contribution in [3.8, 4) is 57.4 Å². The second-order valence-electron chi connectivity index (χ2n) is 24.5. The number of aromatic nitrogens is 2. The molecular formula is C74H130N2O7. The Balaban J connectivity index is 2.00. The van der Waals surface area contributed by atoms with E-state index in [1.807, 2.05) is 24.3 Å². The molecule has 1 aromatic heterocycles. The highest BCUT2D eigenvalue weighted by Gasteiger charge is 2.23. The molecule has 0 unspecified atom stereocenters. The number of unbranched alkanes of at least 4 members (excludes halogenated alkanes) is 42. The average Bonchev–Trinajstić information content (AvgIpc) is 4.10. The van der Waals surface area contributed by atoms with Crippen molar-refractivity contribution in [1.29, 1.82) is 0 Å². The van der Waals surface area contributed by atoms with Gasteiger partial charge in [0.1, 0.15) is 0 Å². The van der Waals surface area contributed by atoms with Gasteiger partial charge in [0.15, 0.2) is 23.0 Å². The van der Waals surface area contributed by atoms with E-state index >= 15 is 0 Å². The van der Waals surface area contributed by atoms with Gasteiger partial charge in [-0.3, -0.25) is 0 Å². The Morgan fingerprint density at radius 2 is 0.398 bits per heavy atom. The van der Waals surface area contributed by atoms with E-state index < -0.39 is 0 Å². The number of hydrogen-bond donors (Lipinski definition) is 0. The fourth-order valence-electron chi connectivity index (χ4n) is 11.1. The average molecular weight is 1160 g/mol. The van der Waals surface area contributed by atoms with Crippen LogP contribution in [0.3, 0.4) is 0 Å². The molecule has 0 amide bonds. The number of hydrogen-bond acceptors (Lipinski definition) is 9. The van der Waals surface area contributed by atoms with Crippen LogP contribution in [-0.4, -0.2) is 49.8 Å². The zero-order chi connectivity index (χ0) is 59.1. The van der Waals surface area contributed by atoms with E-state index in [0.717, 1.165) is 88.2 Å². The largest absolute Gasteiger partial charge is 0.490 e. The molecule has 3 rings (SSSR count). The molecule has 0 saturated heterocycles. The highest BCUT2D eigenvalue weighted by Crippen LogP contribution is 2.45. The zero-order valence-electron chi connectivity index (χ0n) is 55.2. The smallest absolute Gasteiger partial charge is 0.248 e. The molecule has 9 heteroatoms. The molecular weight excluding hydrogens is 1030 g/mol. The minimum atomic E-state index is 0.404. The van der Waals surface area contributed by atoms with Crippen LogP contribution in [0.5, 0.6) is 34.5 Å². The second kappa shape index (κ2) is 53.8. The molecule has 2 aromatic carbocycles. The van der Waals surface area contributed by atoms with Crippen LogP contribution in [0.4, 0.5) is 0 Å². The van der Waals surface area contributed by atoms with Crippen LogP contribution in [0.25, 0.3) is 22.9 Å². The predicted octanol–water partition coefficient (Wildman–Crippen LogP) is 24.5. The summed E-state index contributed by atoms with van der Waals surface area (Å²) in [6.07, 6.45) is 59.5. The van der Waals surface area contributed by atoms with Crippen molar-refractivity contribution in [2.24, 2.45) is 0 Å². The van der Waals surface area contributed by atoms with Crippen LogP contribution < -0.4 is 28.4 Å². The van der Waals surface area contributed by atoms with Gasteiger partial charge in [0.2, 0.25) is 23.3 Å². The standard InChI is InChI=1S/C74H130N2O7/c1-7-13-19-25-31-37-43-49-55-77-67-61-65(62-68(78-56-50-44-38-32-26-20-14-8-2)71(67)81-59-53-47-41-35-29-23-17-11-5)73-75-76-74(83-73)66-63-69(79-57-51-45-39-33-27-21-15-9-3)72(82-60-54-48-42-36-30-24-18-12-6)70(64-66)80-58-52-46-40-34-28-22-16-10-4/h61-64H,7-60H2,1-6H3. The minimum Gasteiger partial charge on any atom is -0.490 e. The highest BCUT2D eigenvalue weighted by molar-refractivity contribution is 5.69. The van der Waals surface area contributed by atoms with Gasteiger partial charge in [-0.05, 0) is 62.8 Å². The SMILES string of the molecule is CCCCCCCCCCOc1cc(-c2nnc(-c3cc(OCCCCCCCCCC)c(OCCCCCCCCCC)c(OCCCCCCCCCC)c3)o2)cc(OCCCCCCCCCC)c1OCCCCCCCCCC. The topological polar surface area (TPSA) is 94.3 Å². The van der Waals surface area contributed by atoms with Gasteiger partial charge in [-0.15, -0.1) is 10.2 Å². The molecule has 0 bridgehead atoms. The van der Waals surface area contributed by atoms with Gasteiger partial charge < -0.3 is 32.8 Å². The Morgan fingerprint density at radius 1 is 0.229 bits per heavy atom.